The summed E-state index contributed by atoms with van der Waals surface area (Å²) >= 11 is 0. The fourth-order valence-corrected chi connectivity index (χ4v) is 2.22. The Hall–Kier alpha value is -1.85. The minimum absolute atomic E-state index is 0. The first kappa shape index (κ1) is 12.6. The highest BCUT2D eigenvalue weighted by molar-refractivity contribution is 6.09. The molecule has 0 aliphatic rings. The molecule has 3 rings (SSSR count). The number of benzene rings is 1. The maximum absolute atomic E-state index is 5.93. The number of aromatic nitrogens is 3. The first-order valence-electron chi connectivity index (χ1n) is 5.42. The molecule has 5 nitrogen and oxygen atoms in total. The molecule has 0 unspecified atom stereocenters. The molecule has 0 saturated heterocycles. The van der Waals surface area contributed by atoms with Crippen LogP contribution in [0.15, 0.2) is 24.3 Å². The third-order valence-corrected chi connectivity index (χ3v) is 3.02. The quantitative estimate of drug-likeness (QED) is 0.698. The van der Waals surface area contributed by atoms with Gasteiger partial charge >= 0.3 is 0 Å². The SMILES string of the molecule is Cl.Cn1nc2c(N)nc3ccccc3c2c1CN. The molecule has 0 spiro atoms. The number of hydrogen-bond acceptors (Lipinski definition) is 4. The Bertz CT molecular complexity index is 719. The molecule has 18 heavy (non-hydrogen) atoms. The van der Waals surface area contributed by atoms with Crippen molar-refractivity contribution in [2.45, 2.75) is 6.54 Å². The van der Waals surface area contributed by atoms with Crippen molar-refractivity contribution in [2.24, 2.45) is 12.8 Å². The highest BCUT2D eigenvalue weighted by atomic mass is 35.5. The molecule has 0 saturated carbocycles. The number of fused-ring (bicyclic) bond motifs is 3. The lowest BCUT2D eigenvalue weighted by atomic mass is 10.1. The molecule has 0 atom stereocenters. The Morgan fingerprint density at radius 2 is 2.00 bits per heavy atom. The van der Waals surface area contributed by atoms with E-state index in [0.29, 0.717) is 12.4 Å². The zero-order chi connectivity index (χ0) is 12.0. The highest BCUT2D eigenvalue weighted by Gasteiger charge is 2.14. The lowest BCUT2D eigenvalue weighted by Gasteiger charge is -2.02. The van der Waals surface area contributed by atoms with Gasteiger partial charge in [-0.2, -0.15) is 5.10 Å². The predicted molar refractivity (Wildman–Crippen MR) is 75.6 cm³/mol. The summed E-state index contributed by atoms with van der Waals surface area (Å²) in [6.45, 7) is 0.431. The van der Waals surface area contributed by atoms with Crippen LogP contribution in [0, 0.1) is 0 Å². The van der Waals surface area contributed by atoms with Crippen LogP contribution >= 0.6 is 12.4 Å². The lowest BCUT2D eigenvalue weighted by molar-refractivity contribution is 0.722. The van der Waals surface area contributed by atoms with Crippen molar-refractivity contribution in [3.63, 3.8) is 0 Å². The largest absolute Gasteiger partial charge is 0.382 e. The molecule has 0 amide bonds. The van der Waals surface area contributed by atoms with Crippen LogP contribution in [0.3, 0.4) is 0 Å². The number of para-hydroxylation sites is 1. The van der Waals surface area contributed by atoms with Gasteiger partial charge < -0.3 is 11.5 Å². The fraction of sp³-hybridized carbons (Fsp3) is 0.167. The molecule has 2 aromatic heterocycles. The second-order valence-electron chi connectivity index (χ2n) is 4.01. The standard InChI is InChI=1S/C12H13N5.ClH/c1-17-9(6-13)10-7-4-2-3-5-8(7)15-12(14)11(10)16-17;/h2-5H,6,13H2,1H3,(H2,14,15);1H. The van der Waals surface area contributed by atoms with Crippen LogP contribution in [0.2, 0.25) is 0 Å². The molecule has 4 N–H and O–H groups in total. The maximum Gasteiger partial charge on any atom is 0.152 e. The number of halogens is 1. The van der Waals surface area contributed by atoms with E-state index < -0.39 is 0 Å². The summed E-state index contributed by atoms with van der Waals surface area (Å²) in [4.78, 5) is 4.35. The summed E-state index contributed by atoms with van der Waals surface area (Å²) in [5.41, 5.74) is 14.3. The van der Waals surface area contributed by atoms with Crippen LogP contribution in [0.1, 0.15) is 5.69 Å². The average molecular weight is 264 g/mol. The molecule has 94 valence electrons. The number of nitrogen functional groups attached to an aromatic ring is 1. The molecule has 2 heterocycles. The first-order chi connectivity index (χ1) is 8.22. The smallest absolute Gasteiger partial charge is 0.152 e. The van der Waals surface area contributed by atoms with Crippen LogP contribution in [0.25, 0.3) is 21.8 Å². The molecule has 0 aliphatic heterocycles. The third-order valence-electron chi connectivity index (χ3n) is 3.02. The first-order valence-corrected chi connectivity index (χ1v) is 5.42. The monoisotopic (exact) mass is 263 g/mol. The zero-order valence-corrected chi connectivity index (χ0v) is 10.7. The van der Waals surface area contributed by atoms with Gasteiger partial charge in [0.25, 0.3) is 0 Å². The van der Waals surface area contributed by atoms with Crippen molar-refractivity contribution >= 4 is 40.0 Å². The van der Waals surface area contributed by atoms with E-state index >= 15 is 0 Å². The number of anilines is 1. The minimum Gasteiger partial charge on any atom is -0.382 e. The van der Waals surface area contributed by atoms with Gasteiger partial charge in [0.1, 0.15) is 5.52 Å². The zero-order valence-electron chi connectivity index (χ0n) is 9.92. The summed E-state index contributed by atoms with van der Waals surface area (Å²) in [6.07, 6.45) is 0. The van der Waals surface area contributed by atoms with E-state index in [-0.39, 0.29) is 12.4 Å². The molecular weight excluding hydrogens is 250 g/mol. The maximum atomic E-state index is 5.93. The summed E-state index contributed by atoms with van der Waals surface area (Å²) in [7, 11) is 1.87. The van der Waals surface area contributed by atoms with E-state index in [2.05, 4.69) is 10.1 Å². The average Bonchev–Trinajstić information content (AvgIpc) is 2.67. The van der Waals surface area contributed by atoms with E-state index in [1.165, 1.54) is 0 Å². The number of nitrogens with zero attached hydrogens (tertiary/aromatic N) is 3. The Labute approximate surface area is 110 Å². The van der Waals surface area contributed by atoms with Crippen LogP contribution in [-0.4, -0.2) is 14.8 Å². The molecule has 0 radical (unpaired) electrons. The Kier molecular flexibility index (Phi) is 3.11. The number of nitrogens with two attached hydrogens (primary N) is 2. The second-order valence-corrected chi connectivity index (χ2v) is 4.01. The van der Waals surface area contributed by atoms with Gasteiger partial charge in [-0.1, -0.05) is 18.2 Å². The molecular formula is C12H14ClN5. The normalized spacial score (nSPS) is 10.8. The van der Waals surface area contributed by atoms with Gasteiger partial charge in [-0.3, -0.25) is 4.68 Å². The molecule has 0 bridgehead atoms. The van der Waals surface area contributed by atoms with Gasteiger partial charge in [0.05, 0.1) is 11.2 Å². The predicted octanol–water partition coefficient (Wildman–Crippen LogP) is 1.58. The van der Waals surface area contributed by atoms with Gasteiger partial charge in [-0.25, -0.2) is 4.98 Å². The summed E-state index contributed by atoms with van der Waals surface area (Å²) in [5.74, 6) is 0.453. The summed E-state index contributed by atoms with van der Waals surface area (Å²) < 4.78 is 1.77. The van der Waals surface area contributed by atoms with E-state index in [1.807, 2.05) is 31.3 Å². The number of rotatable bonds is 1. The topological polar surface area (TPSA) is 82.8 Å². The van der Waals surface area contributed by atoms with Crippen molar-refractivity contribution in [3.8, 4) is 0 Å². The summed E-state index contributed by atoms with van der Waals surface area (Å²) in [6, 6.07) is 7.88. The third kappa shape index (κ3) is 1.60. The van der Waals surface area contributed by atoms with E-state index in [0.717, 1.165) is 27.5 Å². The van der Waals surface area contributed by atoms with Gasteiger partial charge in [0, 0.05) is 24.4 Å². The van der Waals surface area contributed by atoms with Gasteiger partial charge in [0.15, 0.2) is 5.82 Å². The molecule has 3 aromatic rings. The van der Waals surface area contributed by atoms with Crippen molar-refractivity contribution in [3.05, 3.63) is 30.0 Å². The van der Waals surface area contributed by atoms with E-state index in [9.17, 15) is 0 Å². The lowest BCUT2D eigenvalue weighted by Crippen LogP contribution is -2.04. The Morgan fingerprint density at radius 3 is 2.72 bits per heavy atom. The van der Waals surface area contributed by atoms with Crippen LogP contribution in [0.5, 0.6) is 0 Å². The van der Waals surface area contributed by atoms with E-state index in [4.69, 9.17) is 11.5 Å². The van der Waals surface area contributed by atoms with Crippen molar-refractivity contribution in [1.29, 1.82) is 0 Å². The number of pyridine rings is 1. The number of hydrogen-bond donors (Lipinski definition) is 2. The summed E-state index contributed by atoms with van der Waals surface area (Å²) in [5, 5.41) is 6.44. The highest BCUT2D eigenvalue weighted by Crippen LogP contribution is 2.29. The van der Waals surface area contributed by atoms with Crippen LogP contribution in [-0.2, 0) is 13.6 Å². The van der Waals surface area contributed by atoms with Gasteiger partial charge in [0.2, 0.25) is 0 Å². The van der Waals surface area contributed by atoms with Crippen LogP contribution in [0.4, 0.5) is 5.82 Å². The fourth-order valence-electron chi connectivity index (χ4n) is 2.22. The van der Waals surface area contributed by atoms with Gasteiger partial charge in [-0.05, 0) is 6.07 Å². The van der Waals surface area contributed by atoms with Crippen LogP contribution < -0.4 is 11.5 Å². The minimum atomic E-state index is 0. The van der Waals surface area contributed by atoms with Crippen molar-refractivity contribution in [1.82, 2.24) is 14.8 Å². The van der Waals surface area contributed by atoms with Gasteiger partial charge in [-0.15, -0.1) is 12.4 Å². The molecule has 0 fully saturated rings. The Morgan fingerprint density at radius 1 is 1.28 bits per heavy atom. The van der Waals surface area contributed by atoms with Crippen molar-refractivity contribution in [2.75, 3.05) is 5.73 Å². The number of aryl methyl sites for hydroxylation is 1. The Balaban J connectivity index is 0.00000120. The van der Waals surface area contributed by atoms with E-state index in [1.54, 1.807) is 4.68 Å². The van der Waals surface area contributed by atoms with Crippen molar-refractivity contribution < 1.29 is 0 Å². The molecule has 6 heteroatoms. The molecule has 0 aliphatic carbocycles. The second kappa shape index (κ2) is 4.44. The molecule has 1 aromatic carbocycles.